The summed E-state index contributed by atoms with van der Waals surface area (Å²) in [6.45, 7) is 3.71. The average molecular weight is 719 g/mol. The smallest absolute Gasteiger partial charge is 0.462 e. The lowest BCUT2D eigenvalue weighted by atomic mass is 10.0. The van der Waals surface area contributed by atoms with Crippen LogP contribution < -0.4 is 0 Å². The van der Waals surface area contributed by atoms with Gasteiger partial charge in [-0.15, -0.1) is 0 Å². The lowest BCUT2D eigenvalue weighted by molar-refractivity contribution is -0.161. The maximum Gasteiger partial charge on any atom is 0.469 e. The van der Waals surface area contributed by atoms with Crippen molar-refractivity contribution in [1.82, 2.24) is 0 Å². The molecule has 0 aromatic rings. The van der Waals surface area contributed by atoms with E-state index < -0.39 is 32.5 Å². The zero-order valence-corrected chi connectivity index (χ0v) is 33.0. The van der Waals surface area contributed by atoms with Crippen molar-refractivity contribution in [2.24, 2.45) is 0 Å². The first-order valence-corrected chi connectivity index (χ1v) is 22.4. The maximum atomic E-state index is 12.4. The van der Waals surface area contributed by atoms with Crippen LogP contribution in [0.5, 0.6) is 0 Å². The van der Waals surface area contributed by atoms with Crippen molar-refractivity contribution >= 4 is 19.8 Å². The number of hydrogen-bond acceptors (Lipinski definition) is 6. The summed E-state index contributed by atoms with van der Waals surface area (Å²) in [6, 6.07) is 0. The highest BCUT2D eigenvalue weighted by Crippen LogP contribution is 2.36. The highest BCUT2D eigenvalue weighted by Gasteiger charge is 2.22. The summed E-state index contributed by atoms with van der Waals surface area (Å²) in [5.41, 5.74) is 0. The van der Waals surface area contributed by atoms with E-state index in [0.717, 1.165) is 32.1 Å². The molecule has 0 heterocycles. The van der Waals surface area contributed by atoms with Crippen LogP contribution in [0.2, 0.25) is 0 Å². The van der Waals surface area contributed by atoms with Gasteiger partial charge in [0.05, 0.1) is 6.61 Å². The quantitative estimate of drug-likeness (QED) is 0.0366. The Labute approximate surface area is 302 Å². The molecule has 49 heavy (non-hydrogen) atoms. The topological polar surface area (TPSA) is 119 Å². The van der Waals surface area contributed by atoms with E-state index in [9.17, 15) is 14.2 Å². The molecule has 0 aliphatic rings. The zero-order valence-electron chi connectivity index (χ0n) is 32.1. The van der Waals surface area contributed by atoms with Crippen LogP contribution >= 0.6 is 7.82 Å². The minimum Gasteiger partial charge on any atom is -0.462 e. The van der Waals surface area contributed by atoms with Crippen molar-refractivity contribution in [1.29, 1.82) is 0 Å². The SMILES string of the molecule is CCCCCCCCCCCCCCCCCCC(=O)OC(COC(=O)CCCCCCCCCCCCCCCCC)COP(=O)(O)O. The van der Waals surface area contributed by atoms with Gasteiger partial charge in [-0.1, -0.05) is 200 Å². The Morgan fingerprint density at radius 3 is 1.04 bits per heavy atom. The van der Waals surface area contributed by atoms with Crippen LogP contribution in [0.3, 0.4) is 0 Å². The number of hydrogen-bond donors (Lipinski definition) is 2. The molecule has 0 bridgehead atoms. The van der Waals surface area contributed by atoms with Gasteiger partial charge in [-0.3, -0.25) is 14.1 Å². The highest BCUT2D eigenvalue weighted by atomic mass is 31.2. The largest absolute Gasteiger partial charge is 0.469 e. The van der Waals surface area contributed by atoms with Crippen LogP contribution in [0.25, 0.3) is 0 Å². The lowest BCUT2D eigenvalue weighted by Gasteiger charge is -2.18. The first-order valence-electron chi connectivity index (χ1n) is 20.8. The van der Waals surface area contributed by atoms with Crippen molar-refractivity contribution in [2.75, 3.05) is 13.2 Å². The molecule has 8 nitrogen and oxygen atoms in total. The summed E-state index contributed by atoms with van der Waals surface area (Å²) in [7, 11) is -4.74. The monoisotopic (exact) mass is 719 g/mol. The molecule has 9 heteroatoms. The molecule has 1 unspecified atom stereocenters. The van der Waals surface area contributed by atoms with Crippen LogP contribution in [0.4, 0.5) is 0 Å². The summed E-state index contributed by atoms with van der Waals surface area (Å²) in [5.74, 6) is -0.868. The fraction of sp³-hybridized carbons (Fsp3) is 0.950. The minimum absolute atomic E-state index is 0.220. The molecule has 0 radical (unpaired) electrons. The van der Waals surface area contributed by atoms with Crippen molar-refractivity contribution in [3.63, 3.8) is 0 Å². The number of phosphoric acid groups is 1. The Bertz CT molecular complexity index is 771. The molecule has 0 aromatic heterocycles. The lowest BCUT2D eigenvalue weighted by Crippen LogP contribution is -2.29. The normalized spacial score (nSPS) is 12.3. The first kappa shape index (κ1) is 48.0. The molecule has 0 fully saturated rings. The first-order chi connectivity index (χ1) is 23.8. The summed E-state index contributed by atoms with van der Waals surface area (Å²) < 4.78 is 26.4. The van der Waals surface area contributed by atoms with Gasteiger partial charge in [0.15, 0.2) is 6.10 Å². The van der Waals surface area contributed by atoms with Crippen molar-refractivity contribution in [3.8, 4) is 0 Å². The summed E-state index contributed by atoms with van der Waals surface area (Å²) >= 11 is 0. The summed E-state index contributed by atoms with van der Waals surface area (Å²) in [4.78, 5) is 42.8. The van der Waals surface area contributed by atoms with E-state index in [2.05, 4.69) is 18.4 Å². The molecule has 292 valence electrons. The predicted octanol–water partition coefficient (Wildman–Crippen LogP) is 12.5. The van der Waals surface area contributed by atoms with E-state index in [0.29, 0.717) is 6.42 Å². The molecule has 0 spiro atoms. The molecule has 0 rings (SSSR count). The zero-order chi connectivity index (χ0) is 36.1. The van der Waals surface area contributed by atoms with Crippen LogP contribution in [0.1, 0.15) is 226 Å². The van der Waals surface area contributed by atoms with E-state index in [-0.39, 0.29) is 19.4 Å². The maximum absolute atomic E-state index is 12.4. The standard InChI is InChI=1S/C40H79O8P/c1-3-5-7-9-11-13-15-17-19-21-23-25-27-29-31-33-35-40(42)48-38(37-47-49(43,44)45)36-46-39(41)34-32-30-28-26-24-22-20-18-16-14-12-10-8-6-4-2/h38H,3-37H2,1-2H3,(H2,43,44,45). The van der Waals surface area contributed by atoms with Gasteiger partial charge in [0.1, 0.15) is 6.61 Å². The van der Waals surface area contributed by atoms with Gasteiger partial charge >= 0.3 is 19.8 Å². The van der Waals surface area contributed by atoms with Gasteiger partial charge in [-0.2, -0.15) is 0 Å². The van der Waals surface area contributed by atoms with E-state index in [1.54, 1.807) is 0 Å². The molecule has 0 aromatic carbocycles. The van der Waals surface area contributed by atoms with Gasteiger partial charge in [0.2, 0.25) is 0 Å². The molecule has 0 saturated carbocycles. The Morgan fingerprint density at radius 1 is 0.449 bits per heavy atom. The second kappa shape index (κ2) is 36.8. The van der Waals surface area contributed by atoms with Gasteiger partial charge in [0.25, 0.3) is 0 Å². The van der Waals surface area contributed by atoms with Crippen LogP contribution in [-0.4, -0.2) is 41.0 Å². The number of unbranched alkanes of at least 4 members (excludes halogenated alkanes) is 29. The number of carbonyl (C=O) groups is 2. The predicted molar refractivity (Wildman–Crippen MR) is 203 cm³/mol. The number of carbonyl (C=O) groups excluding carboxylic acids is 2. The average Bonchev–Trinajstić information content (AvgIpc) is 3.07. The van der Waals surface area contributed by atoms with Crippen molar-refractivity contribution in [3.05, 3.63) is 0 Å². The molecular weight excluding hydrogens is 639 g/mol. The van der Waals surface area contributed by atoms with Crippen molar-refractivity contribution in [2.45, 2.75) is 232 Å². The number of esters is 2. The third-order valence-electron chi connectivity index (χ3n) is 9.38. The molecule has 0 saturated heterocycles. The Hall–Kier alpha value is -0.950. The second-order valence-electron chi connectivity index (χ2n) is 14.3. The third kappa shape index (κ3) is 39.7. The van der Waals surface area contributed by atoms with E-state index in [1.807, 2.05) is 0 Å². The molecule has 0 amide bonds. The van der Waals surface area contributed by atoms with Gasteiger partial charge in [0, 0.05) is 12.8 Å². The Morgan fingerprint density at radius 2 is 0.735 bits per heavy atom. The number of ether oxygens (including phenoxy) is 2. The summed E-state index contributed by atoms with van der Waals surface area (Å²) in [6.07, 6.45) is 38.2. The number of rotatable bonds is 39. The second-order valence-corrected chi connectivity index (χ2v) is 15.6. The molecular formula is C40H79O8P. The Kier molecular flexibility index (Phi) is 36.1. The Balaban J connectivity index is 3.87. The van der Waals surface area contributed by atoms with Gasteiger partial charge < -0.3 is 19.3 Å². The van der Waals surface area contributed by atoms with Crippen LogP contribution in [-0.2, 0) is 28.2 Å². The fourth-order valence-electron chi connectivity index (χ4n) is 6.26. The van der Waals surface area contributed by atoms with Gasteiger partial charge in [-0.05, 0) is 12.8 Å². The minimum atomic E-state index is -4.74. The fourth-order valence-corrected chi connectivity index (χ4v) is 6.62. The molecule has 2 N–H and O–H groups in total. The molecule has 0 aliphatic heterocycles. The van der Waals surface area contributed by atoms with Crippen LogP contribution in [0.15, 0.2) is 0 Å². The van der Waals surface area contributed by atoms with E-state index in [1.165, 1.54) is 161 Å². The molecule has 0 aliphatic carbocycles. The van der Waals surface area contributed by atoms with Crippen molar-refractivity contribution < 1.29 is 37.9 Å². The van der Waals surface area contributed by atoms with Gasteiger partial charge in [-0.25, -0.2) is 4.57 Å². The third-order valence-corrected chi connectivity index (χ3v) is 9.86. The van der Waals surface area contributed by atoms with E-state index in [4.69, 9.17) is 19.3 Å². The van der Waals surface area contributed by atoms with Crippen LogP contribution in [0, 0.1) is 0 Å². The highest BCUT2D eigenvalue weighted by molar-refractivity contribution is 7.46. The molecule has 1 atom stereocenters. The summed E-state index contributed by atoms with van der Waals surface area (Å²) in [5, 5.41) is 0. The van der Waals surface area contributed by atoms with E-state index >= 15 is 0 Å². The number of phosphoric ester groups is 1.